The van der Waals surface area contributed by atoms with Gasteiger partial charge in [0.2, 0.25) is 0 Å². The van der Waals surface area contributed by atoms with E-state index in [-0.39, 0.29) is 5.25 Å². The van der Waals surface area contributed by atoms with Crippen molar-refractivity contribution in [2.45, 2.75) is 5.25 Å². The van der Waals surface area contributed by atoms with Crippen LogP contribution in [-0.4, -0.2) is 11.0 Å². The SMILES string of the molecule is N#C[C@@H]1C=CCS1. The first-order valence-electron chi connectivity index (χ1n) is 2.11. The lowest BCUT2D eigenvalue weighted by molar-refractivity contribution is 1.39. The van der Waals surface area contributed by atoms with E-state index in [0.717, 1.165) is 5.75 Å². The summed E-state index contributed by atoms with van der Waals surface area (Å²) in [7, 11) is 0. The minimum atomic E-state index is 0.139. The first-order valence-corrected chi connectivity index (χ1v) is 3.16. The second-order valence-electron chi connectivity index (χ2n) is 1.31. The smallest absolute Gasteiger partial charge is 0.110 e. The van der Waals surface area contributed by atoms with Crippen LogP contribution < -0.4 is 0 Å². The van der Waals surface area contributed by atoms with Gasteiger partial charge in [-0.3, -0.25) is 0 Å². The van der Waals surface area contributed by atoms with Gasteiger partial charge in [0.25, 0.3) is 0 Å². The molecule has 0 bridgehead atoms. The van der Waals surface area contributed by atoms with Gasteiger partial charge in [-0.2, -0.15) is 5.26 Å². The van der Waals surface area contributed by atoms with Crippen LogP contribution in [0, 0.1) is 11.3 Å². The number of hydrogen-bond acceptors (Lipinski definition) is 2. The fourth-order valence-electron chi connectivity index (χ4n) is 0.474. The molecule has 1 atom stereocenters. The molecular weight excluding hydrogens is 106 g/mol. The van der Waals surface area contributed by atoms with E-state index in [0.29, 0.717) is 0 Å². The Labute approximate surface area is 47.0 Å². The molecule has 1 heterocycles. The largest absolute Gasteiger partial charge is 0.197 e. The summed E-state index contributed by atoms with van der Waals surface area (Å²) in [4.78, 5) is 0. The minimum Gasteiger partial charge on any atom is -0.197 e. The molecular formula is C5H5NS. The van der Waals surface area contributed by atoms with Gasteiger partial charge >= 0.3 is 0 Å². The Kier molecular flexibility index (Phi) is 1.38. The van der Waals surface area contributed by atoms with Crippen LogP contribution in [0.4, 0.5) is 0 Å². The third-order valence-electron chi connectivity index (χ3n) is 0.810. The third-order valence-corrected chi connectivity index (χ3v) is 1.82. The molecule has 0 aromatic heterocycles. The molecule has 1 aliphatic heterocycles. The van der Waals surface area contributed by atoms with E-state index in [1.165, 1.54) is 0 Å². The molecule has 7 heavy (non-hydrogen) atoms. The quantitative estimate of drug-likeness (QED) is 0.438. The van der Waals surface area contributed by atoms with Gasteiger partial charge in [-0.25, -0.2) is 0 Å². The van der Waals surface area contributed by atoms with E-state index in [1.807, 2.05) is 12.2 Å². The highest BCUT2D eigenvalue weighted by Crippen LogP contribution is 2.17. The zero-order valence-electron chi connectivity index (χ0n) is 3.79. The predicted molar refractivity (Wildman–Crippen MR) is 31.0 cm³/mol. The summed E-state index contributed by atoms with van der Waals surface area (Å²) in [6.07, 6.45) is 3.96. The van der Waals surface area contributed by atoms with Crippen molar-refractivity contribution in [1.82, 2.24) is 0 Å². The van der Waals surface area contributed by atoms with E-state index < -0.39 is 0 Å². The van der Waals surface area contributed by atoms with Crippen LogP contribution >= 0.6 is 11.8 Å². The molecule has 0 amide bonds. The van der Waals surface area contributed by atoms with Gasteiger partial charge in [0.15, 0.2) is 0 Å². The minimum absolute atomic E-state index is 0.139. The van der Waals surface area contributed by atoms with Gasteiger partial charge in [0, 0.05) is 5.75 Å². The second kappa shape index (κ2) is 2.04. The molecule has 0 saturated heterocycles. The summed E-state index contributed by atoms with van der Waals surface area (Å²) in [6.45, 7) is 0. The lowest BCUT2D eigenvalue weighted by atomic mass is 10.4. The van der Waals surface area contributed by atoms with E-state index in [9.17, 15) is 0 Å². The molecule has 0 radical (unpaired) electrons. The van der Waals surface area contributed by atoms with E-state index >= 15 is 0 Å². The van der Waals surface area contributed by atoms with Crippen LogP contribution in [-0.2, 0) is 0 Å². The van der Waals surface area contributed by atoms with Crippen molar-refractivity contribution in [1.29, 1.82) is 5.26 Å². The monoisotopic (exact) mass is 111 g/mol. The molecule has 2 heteroatoms. The van der Waals surface area contributed by atoms with Crippen LogP contribution in [0.3, 0.4) is 0 Å². The van der Waals surface area contributed by atoms with Crippen LogP contribution in [0.5, 0.6) is 0 Å². The Balaban J connectivity index is 2.47. The number of rotatable bonds is 0. The fraction of sp³-hybridized carbons (Fsp3) is 0.400. The Bertz CT molecular complexity index is 123. The molecule has 0 aromatic rings. The maximum absolute atomic E-state index is 8.24. The highest BCUT2D eigenvalue weighted by Gasteiger charge is 2.05. The summed E-state index contributed by atoms with van der Waals surface area (Å²) in [5, 5.41) is 8.38. The Morgan fingerprint density at radius 2 is 2.71 bits per heavy atom. The summed E-state index contributed by atoms with van der Waals surface area (Å²) in [5.74, 6) is 1.01. The molecule has 1 nitrogen and oxygen atoms in total. The van der Waals surface area contributed by atoms with Gasteiger partial charge in [-0.05, 0) is 0 Å². The van der Waals surface area contributed by atoms with E-state index in [2.05, 4.69) is 6.07 Å². The number of thioether (sulfide) groups is 1. The van der Waals surface area contributed by atoms with Crippen LogP contribution in [0.15, 0.2) is 12.2 Å². The molecule has 36 valence electrons. The summed E-state index contributed by atoms with van der Waals surface area (Å²) < 4.78 is 0. The molecule has 0 spiro atoms. The summed E-state index contributed by atoms with van der Waals surface area (Å²) in [5.41, 5.74) is 0. The lowest BCUT2D eigenvalue weighted by Crippen LogP contribution is -1.84. The van der Waals surface area contributed by atoms with Crippen molar-refractivity contribution >= 4 is 11.8 Å². The Morgan fingerprint density at radius 1 is 1.86 bits per heavy atom. The zero-order valence-corrected chi connectivity index (χ0v) is 4.61. The third kappa shape index (κ3) is 0.971. The standard InChI is InChI=1S/C5H5NS/c6-4-5-2-1-3-7-5/h1-2,5H,3H2/t5-/m0/s1. The lowest BCUT2D eigenvalue weighted by Gasteiger charge is -1.86. The van der Waals surface area contributed by atoms with Crippen molar-refractivity contribution < 1.29 is 0 Å². The highest BCUT2D eigenvalue weighted by molar-refractivity contribution is 8.00. The number of nitrogens with zero attached hydrogens (tertiary/aromatic N) is 1. The topological polar surface area (TPSA) is 23.8 Å². The first kappa shape index (κ1) is 4.73. The van der Waals surface area contributed by atoms with Crippen LogP contribution in [0.2, 0.25) is 0 Å². The van der Waals surface area contributed by atoms with Crippen molar-refractivity contribution in [2.24, 2.45) is 0 Å². The number of nitriles is 1. The molecule has 0 N–H and O–H groups in total. The molecule has 1 aliphatic rings. The number of hydrogen-bond donors (Lipinski definition) is 0. The summed E-state index contributed by atoms with van der Waals surface area (Å²) in [6, 6.07) is 2.14. The maximum Gasteiger partial charge on any atom is 0.110 e. The average Bonchev–Trinajstić information content (AvgIpc) is 2.14. The zero-order chi connectivity index (χ0) is 5.11. The highest BCUT2D eigenvalue weighted by atomic mass is 32.2. The van der Waals surface area contributed by atoms with Crippen molar-refractivity contribution in [3.8, 4) is 6.07 Å². The van der Waals surface area contributed by atoms with Crippen molar-refractivity contribution in [3.05, 3.63) is 12.2 Å². The predicted octanol–water partition coefficient (Wildman–Crippen LogP) is 1.18. The molecule has 0 fully saturated rings. The normalized spacial score (nSPS) is 27.6. The fourth-order valence-corrected chi connectivity index (χ4v) is 1.20. The second-order valence-corrected chi connectivity index (χ2v) is 2.49. The van der Waals surface area contributed by atoms with Crippen molar-refractivity contribution in [3.63, 3.8) is 0 Å². The Hall–Kier alpha value is -0.420. The molecule has 1 rings (SSSR count). The van der Waals surface area contributed by atoms with Crippen LogP contribution in [0.25, 0.3) is 0 Å². The van der Waals surface area contributed by atoms with Gasteiger partial charge in [-0.15, -0.1) is 11.8 Å². The van der Waals surface area contributed by atoms with E-state index in [4.69, 9.17) is 5.26 Å². The molecule has 0 unspecified atom stereocenters. The summed E-state index contributed by atoms with van der Waals surface area (Å²) >= 11 is 1.67. The van der Waals surface area contributed by atoms with Gasteiger partial charge in [0.1, 0.15) is 5.25 Å². The van der Waals surface area contributed by atoms with E-state index in [1.54, 1.807) is 11.8 Å². The van der Waals surface area contributed by atoms with Crippen molar-refractivity contribution in [2.75, 3.05) is 5.75 Å². The van der Waals surface area contributed by atoms with Gasteiger partial charge in [-0.1, -0.05) is 12.2 Å². The molecule has 0 aliphatic carbocycles. The molecule has 0 saturated carbocycles. The molecule has 0 aromatic carbocycles. The first-order chi connectivity index (χ1) is 3.43. The van der Waals surface area contributed by atoms with Gasteiger partial charge < -0.3 is 0 Å². The van der Waals surface area contributed by atoms with Gasteiger partial charge in [0.05, 0.1) is 6.07 Å². The average molecular weight is 111 g/mol. The van der Waals surface area contributed by atoms with Crippen LogP contribution in [0.1, 0.15) is 0 Å². The Morgan fingerprint density at radius 3 is 3.00 bits per heavy atom. The maximum atomic E-state index is 8.24.